The van der Waals surface area contributed by atoms with E-state index in [-0.39, 0.29) is 25.0 Å². The summed E-state index contributed by atoms with van der Waals surface area (Å²) in [5, 5.41) is 3.71. The molecule has 2 aromatic carbocycles. The number of ether oxygens (including phenoxy) is 1. The Kier molecular flexibility index (Phi) is 8.59. The standard InChI is InChI=1S/C22H25BrCl2N2O3/c1-14(21(29)26-22(2,3)4)27(12-15-5-7-16(23)8-6-15)20(28)13-30-19-10-9-17(24)11-18(19)25/h5-11,14H,12-13H2,1-4H3,(H,26,29)/t14-/m0/s1. The highest BCUT2D eigenvalue weighted by molar-refractivity contribution is 9.10. The zero-order valence-electron chi connectivity index (χ0n) is 17.3. The molecule has 0 aliphatic heterocycles. The monoisotopic (exact) mass is 514 g/mol. The lowest BCUT2D eigenvalue weighted by Gasteiger charge is -2.31. The largest absolute Gasteiger partial charge is 0.482 e. The van der Waals surface area contributed by atoms with Crippen molar-refractivity contribution in [2.24, 2.45) is 0 Å². The van der Waals surface area contributed by atoms with E-state index in [1.165, 1.54) is 4.90 Å². The molecule has 1 atom stereocenters. The molecule has 1 N–H and O–H groups in total. The van der Waals surface area contributed by atoms with Gasteiger partial charge in [0, 0.05) is 21.6 Å². The fourth-order valence-electron chi connectivity index (χ4n) is 2.66. The fraction of sp³-hybridized carbons (Fsp3) is 0.364. The van der Waals surface area contributed by atoms with Crippen LogP contribution in [0.5, 0.6) is 5.75 Å². The van der Waals surface area contributed by atoms with E-state index in [1.807, 2.05) is 45.0 Å². The second kappa shape index (κ2) is 10.5. The van der Waals surface area contributed by atoms with Gasteiger partial charge in [-0.05, 0) is 63.6 Å². The van der Waals surface area contributed by atoms with Gasteiger partial charge >= 0.3 is 0 Å². The van der Waals surface area contributed by atoms with Gasteiger partial charge in [0.2, 0.25) is 5.91 Å². The molecule has 0 spiro atoms. The van der Waals surface area contributed by atoms with E-state index < -0.39 is 11.6 Å². The van der Waals surface area contributed by atoms with Crippen molar-refractivity contribution in [1.82, 2.24) is 10.2 Å². The van der Waals surface area contributed by atoms with Crippen LogP contribution in [0.3, 0.4) is 0 Å². The molecule has 30 heavy (non-hydrogen) atoms. The van der Waals surface area contributed by atoms with Crippen molar-refractivity contribution in [2.75, 3.05) is 6.61 Å². The predicted octanol–water partition coefficient (Wildman–Crippen LogP) is 5.47. The van der Waals surface area contributed by atoms with E-state index in [0.717, 1.165) is 10.0 Å². The summed E-state index contributed by atoms with van der Waals surface area (Å²) in [6, 6.07) is 11.7. The van der Waals surface area contributed by atoms with E-state index in [0.29, 0.717) is 15.8 Å². The number of hydrogen-bond donors (Lipinski definition) is 1. The first-order valence-corrected chi connectivity index (χ1v) is 10.9. The molecule has 5 nitrogen and oxygen atoms in total. The van der Waals surface area contributed by atoms with Gasteiger partial charge < -0.3 is 15.0 Å². The Morgan fingerprint density at radius 2 is 1.77 bits per heavy atom. The minimum atomic E-state index is -0.690. The minimum Gasteiger partial charge on any atom is -0.482 e. The summed E-state index contributed by atoms with van der Waals surface area (Å²) in [5.74, 6) is -0.220. The SMILES string of the molecule is C[C@@H](C(=O)NC(C)(C)C)N(Cc1ccc(Br)cc1)C(=O)COc1ccc(Cl)cc1Cl. The number of nitrogens with zero attached hydrogens (tertiary/aromatic N) is 1. The minimum absolute atomic E-state index is 0.238. The highest BCUT2D eigenvalue weighted by Crippen LogP contribution is 2.27. The summed E-state index contributed by atoms with van der Waals surface area (Å²) in [7, 11) is 0. The van der Waals surface area contributed by atoms with Gasteiger partial charge in [-0.15, -0.1) is 0 Å². The smallest absolute Gasteiger partial charge is 0.261 e. The summed E-state index contributed by atoms with van der Waals surface area (Å²) >= 11 is 15.4. The average molecular weight is 516 g/mol. The van der Waals surface area contributed by atoms with E-state index in [9.17, 15) is 9.59 Å². The van der Waals surface area contributed by atoms with Crippen molar-refractivity contribution in [3.8, 4) is 5.75 Å². The first kappa shape index (κ1) is 24.5. The van der Waals surface area contributed by atoms with E-state index >= 15 is 0 Å². The Balaban J connectivity index is 2.18. The van der Waals surface area contributed by atoms with Crippen LogP contribution in [0.4, 0.5) is 0 Å². The summed E-state index contributed by atoms with van der Waals surface area (Å²) in [5.41, 5.74) is 0.483. The van der Waals surface area contributed by atoms with Gasteiger partial charge in [0.05, 0.1) is 5.02 Å². The molecule has 0 saturated heterocycles. The van der Waals surface area contributed by atoms with Crippen molar-refractivity contribution < 1.29 is 14.3 Å². The van der Waals surface area contributed by atoms with Crippen LogP contribution in [0.2, 0.25) is 10.0 Å². The molecular weight excluding hydrogens is 491 g/mol. The molecule has 8 heteroatoms. The Hall–Kier alpha value is -1.76. The highest BCUT2D eigenvalue weighted by atomic mass is 79.9. The number of carbonyl (C=O) groups is 2. The second-order valence-corrected chi connectivity index (χ2v) is 9.69. The van der Waals surface area contributed by atoms with Gasteiger partial charge in [0.1, 0.15) is 11.8 Å². The number of halogens is 3. The zero-order valence-corrected chi connectivity index (χ0v) is 20.4. The maximum Gasteiger partial charge on any atom is 0.261 e. The van der Waals surface area contributed by atoms with Crippen molar-refractivity contribution >= 4 is 50.9 Å². The van der Waals surface area contributed by atoms with Crippen molar-refractivity contribution in [3.63, 3.8) is 0 Å². The lowest BCUT2D eigenvalue weighted by Crippen LogP contribution is -2.53. The first-order valence-electron chi connectivity index (χ1n) is 9.40. The lowest BCUT2D eigenvalue weighted by atomic mass is 10.1. The fourth-order valence-corrected chi connectivity index (χ4v) is 3.39. The summed E-state index contributed by atoms with van der Waals surface area (Å²) in [6.07, 6.45) is 0. The molecule has 2 aromatic rings. The van der Waals surface area contributed by atoms with Gasteiger partial charge in [0.15, 0.2) is 6.61 Å². The second-order valence-electron chi connectivity index (χ2n) is 7.93. The molecule has 162 valence electrons. The maximum absolute atomic E-state index is 13.0. The summed E-state index contributed by atoms with van der Waals surface area (Å²) < 4.78 is 6.53. The van der Waals surface area contributed by atoms with Gasteiger partial charge in [-0.3, -0.25) is 9.59 Å². The normalized spacial score (nSPS) is 12.2. The molecule has 0 radical (unpaired) electrons. The molecule has 0 aliphatic rings. The molecule has 0 bridgehead atoms. The van der Waals surface area contributed by atoms with Crippen LogP contribution in [0, 0.1) is 0 Å². The summed E-state index contributed by atoms with van der Waals surface area (Å²) in [4.78, 5) is 27.2. The van der Waals surface area contributed by atoms with Crippen molar-refractivity contribution in [1.29, 1.82) is 0 Å². The third-order valence-electron chi connectivity index (χ3n) is 4.18. The van der Waals surface area contributed by atoms with Crippen LogP contribution >= 0.6 is 39.1 Å². The quantitative estimate of drug-likeness (QED) is 0.532. The highest BCUT2D eigenvalue weighted by Gasteiger charge is 2.28. The van der Waals surface area contributed by atoms with E-state index in [2.05, 4.69) is 21.2 Å². The molecule has 0 saturated carbocycles. The maximum atomic E-state index is 13.0. The van der Waals surface area contributed by atoms with Crippen LogP contribution < -0.4 is 10.1 Å². The molecule has 2 amide bonds. The van der Waals surface area contributed by atoms with Crippen LogP contribution in [-0.2, 0) is 16.1 Å². The Bertz CT molecular complexity index is 898. The van der Waals surface area contributed by atoms with Crippen molar-refractivity contribution in [3.05, 3.63) is 62.5 Å². The first-order chi connectivity index (χ1) is 14.0. The predicted molar refractivity (Wildman–Crippen MR) is 124 cm³/mol. The molecule has 0 fully saturated rings. The lowest BCUT2D eigenvalue weighted by molar-refractivity contribution is -0.142. The van der Waals surface area contributed by atoms with Crippen LogP contribution in [0.1, 0.15) is 33.3 Å². The Labute approximate surface area is 195 Å². The summed E-state index contributed by atoms with van der Waals surface area (Å²) in [6.45, 7) is 7.39. The number of amides is 2. The van der Waals surface area contributed by atoms with Crippen LogP contribution in [0.25, 0.3) is 0 Å². The third-order valence-corrected chi connectivity index (χ3v) is 5.24. The number of carbonyl (C=O) groups excluding carboxylic acids is 2. The number of benzene rings is 2. The number of nitrogens with one attached hydrogen (secondary N) is 1. The average Bonchev–Trinajstić information content (AvgIpc) is 2.64. The van der Waals surface area contributed by atoms with E-state index in [4.69, 9.17) is 27.9 Å². The van der Waals surface area contributed by atoms with E-state index in [1.54, 1.807) is 25.1 Å². The third kappa shape index (κ3) is 7.49. The molecule has 0 heterocycles. The molecule has 2 rings (SSSR count). The van der Waals surface area contributed by atoms with Crippen LogP contribution in [0.15, 0.2) is 46.9 Å². The number of hydrogen-bond acceptors (Lipinski definition) is 3. The zero-order chi connectivity index (χ0) is 22.5. The topological polar surface area (TPSA) is 58.6 Å². The molecule has 0 aliphatic carbocycles. The van der Waals surface area contributed by atoms with Gasteiger partial charge in [-0.25, -0.2) is 0 Å². The molecular formula is C22H25BrCl2N2O3. The Morgan fingerprint density at radius 1 is 1.13 bits per heavy atom. The number of rotatable bonds is 7. The van der Waals surface area contributed by atoms with Gasteiger partial charge in [-0.2, -0.15) is 0 Å². The van der Waals surface area contributed by atoms with Gasteiger partial charge in [0.25, 0.3) is 5.91 Å². The van der Waals surface area contributed by atoms with Gasteiger partial charge in [-0.1, -0.05) is 51.3 Å². The Morgan fingerprint density at radius 3 is 2.33 bits per heavy atom. The van der Waals surface area contributed by atoms with Crippen molar-refractivity contribution in [2.45, 2.75) is 45.8 Å². The molecule has 0 unspecified atom stereocenters. The molecule has 0 aromatic heterocycles. The van der Waals surface area contributed by atoms with Crippen LogP contribution in [-0.4, -0.2) is 34.9 Å².